The van der Waals surface area contributed by atoms with Crippen LogP contribution in [0.3, 0.4) is 0 Å². The van der Waals surface area contributed by atoms with E-state index in [0.29, 0.717) is 25.7 Å². The van der Waals surface area contributed by atoms with Crippen LogP contribution in [0.15, 0.2) is 121 Å². The van der Waals surface area contributed by atoms with Crippen LogP contribution in [-0.4, -0.2) is 109 Å². The highest BCUT2D eigenvalue weighted by Gasteiger charge is 2.71. The average molecular weight is 1020 g/mol. The third kappa shape index (κ3) is 9.78. The number of hydrogen-bond donors (Lipinski definition) is 2. The lowest BCUT2D eigenvalue weighted by atomic mass is 9.73. The number of fused-ring (bicyclic) bond motifs is 2. The maximum absolute atomic E-state index is 15.6. The Labute approximate surface area is 433 Å². The Morgan fingerprint density at radius 3 is 1.00 bits per heavy atom. The number of likely N-dealkylation sites (tertiary alicyclic amines) is 2. The molecule has 2 heterocycles. The van der Waals surface area contributed by atoms with Crippen LogP contribution in [0.25, 0.3) is 0 Å². The highest BCUT2D eigenvalue weighted by Crippen LogP contribution is 2.60. The molecule has 2 saturated heterocycles. The summed E-state index contributed by atoms with van der Waals surface area (Å²) in [5, 5.41) is 29.7. The highest BCUT2D eigenvalue weighted by molar-refractivity contribution is 7.00. The van der Waals surface area contributed by atoms with Gasteiger partial charge >= 0.3 is 12.2 Å². The van der Waals surface area contributed by atoms with Crippen LogP contribution in [0.4, 0.5) is 9.59 Å². The monoisotopic (exact) mass is 1020 g/mol. The van der Waals surface area contributed by atoms with Crippen molar-refractivity contribution in [2.45, 2.75) is 179 Å². The van der Waals surface area contributed by atoms with Crippen molar-refractivity contribution in [3.05, 3.63) is 121 Å². The van der Waals surface area contributed by atoms with Crippen molar-refractivity contribution < 1.29 is 38.1 Å². The smallest absolute Gasteiger partial charge is 0.410 e. The molecular formula is C60H84N2O8Si2. The minimum absolute atomic E-state index is 0.171. The van der Waals surface area contributed by atoms with Gasteiger partial charge in [-0.05, 0) is 124 Å². The average Bonchev–Trinajstić information content (AvgIpc) is 4.00. The number of rotatable bonds is 11. The molecule has 4 aromatic rings. The zero-order chi connectivity index (χ0) is 52.5. The molecule has 2 N–H and O–H groups in total. The molecule has 2 amide bonds. The summed E-state index contributed by atoms with van der Waals surface area (Å²) in [6.07, 6.45) is 1.21. The quantitative estimate of drug-likeness (QED) is 0.143. The van der Waals surface area contributed by atoms with E-state index in [1.807, 2.05) is 89.5 Å². The zero-order valence-electron chi connectivity index (χ0n) is 45.6. The van der Waals surface area contributed by atoms with E-state index < -0.39 is 87.2 Å². The number of carbonyl (C=O) groups excluding carboxylic acids is 2. The third-order valence-electron chi connectivity index (χ3n) is 16.7. The van der Waals surface area contributed by atoms with Gasteiger partial charge in [0.15, 0.2) is 0 Å². The number of benzene rings is 4. The fourth-order valence-electron chi connectivity index (χ4n) is 14.1. The Bertz CT molecular complexity index is 2240. The Morgan fingerprint density at radius 2 is 0.764 bits per heavy atom. The molecular weight excluding hydrogens is 933 g/mol. The second-order valence-electron chi connectivity index (χ2n) is 26.0. The van der Waals surface area contributed by atoms with Crippen molar-refractivity contribution in [2.75, 3.05) is 13.2 Å². The number of carbonyl (C=O) groups is 2. The maximum atomic E-state index is 15.6. The van der Waals surface area contributed by atoms with E-state index in [9.17, 15) is 10.2 Å². The van der Waals surface area contributed by atoms with Gasteiger partial charge in [0.1, 0.15) is 11.2 Å². The van der Waals surface area contributed by atoms with Crippen LogP contribution in [0, 0.1) is 23.7 Å². The van der Waals surface area contributed by atoms with Gasteiger partial charge in [0, 0.05) is 11.8 Å². The maximum Gasteiger partial charge on any atom is 0.410 e. The summed E-state index contributed by atoms with van der Waals surface area (Å²) >= 11 is 0. The number of ether oxygens (including phenoxy) is 2. The number of aliphatic hydroxyl groups is 2. The summed E-state index contributed by atoms with van der Waals surface area (Å²) in [4.78, 5) is 35.0. The molecule has 2 aliphatic heterocycles. The molecule has 72 heavy (non-hydrogen) atoms. The van der Waals surface area contributed by atoms with Crippen LogP contribution >= 0.6 is 0 Å². The second-order valence-corrected chi connectivity index (χ2v) is 34.6. The van der Waals surface area contributed by atoms with Crippen LogP contribution in [-0.2, 0) is 18.3 Å². The summed E-state index contributed by atoms with van der Waals surface area (Å²) in [6.45, 7) is 28.9. The van der Waals surface area contributed by atoms with Gasteiger partial charge in [-0.15, -0.1) is 0 Å². The molecule has 2 aliphatic carbocycles. The normalized spacial score (nSPS) is 29.0. The van der Waals surface area contributed by atoms with Crippen LogP contribution in [0.2, 0.25) is 10.1 Å². The fourth-order valence-corrected chi connectivity index (χ4v) is 23.2. The van der Waals surface area contributed by atoms with E-state index >= 15 is 9.59 Å². The molecule has 4 aliphatic rings. The topological polar surface area (TPSA) is 118 Å². The predicted octanol–water partition coefficient (Wildman–Crippen LogP) is 9.67. The van der Waals surface area contributed by atoms with Gasteiger partial charge in [0.05, 0.1) is 48.6 Å². The molecule has 2 saturated carbocycles. The Morgan fingerprint density at radius 1 is 0.500 bits per heavy atom. The number of nitrogens with zero attached hydrogens (tertiary/aromatic N) is 2. The lowest BCUT2D eigenvalue weighted by Gasteiger charge is -2.47. The van der Waals surface area contributed by atoms with Gasteiger partial charge in [-0.1, -0.05) is 163 Å². The van der Waals surface area contributed by atoms with E-state index in [1.54, 1.807) is 0 Å². The number of hydrogen-bond acceptors (Lipinski definition) is 8. The Hall–Kier alpha value is -4.31. The first-order valence-corrected chi connectivity index (χ1v) is 30.3. The van der Waals surface area contributed by atoms with Crippen molar-refractivity contribution in [2.24, 2.45) is 23.7 Å². The lowest BCUT2D eigenvalue weighted by Crippen LogP contribution is -2.68. The van der Waals surface area contributed by atoms with Gasteiger partial charge in [0.2, 0.25) is 0 Å². The number of amides is 2. The Kier molecular flexibility index (Phi) is 14.6. The van der Waals surface area contributed by atoms with Crippen molar-refractivity contribution in [1.29, 1.82) is 0 Å². The van der Waals surface area contributed by atoms with E-state index in [0.717, 1.165) is 20.7 Å². The summed E-state index contributed by atoms with van der Waals surface area (Å²) in [5.41, 5.74) is -4.24. The summed E-state index contributed by atoms with van der Waals surface area (Å²) < 4.78 is 28.5. The minimum Gasteiger partial charge on any atom is -0.444 e. The molecule has 8 rings (SSSR count). The Balaban J connectivity index is 1.32. The van der Waals surface area contributed by atoms with E-state index in [4.69, 9.17) is 18.3 Å². The van der Waals surface area contributed by atoms with Crippen molar-refractivity contribution in [1.82, 2.24) is 9.80 Å². The molecule has 0 spiro atoms. The summed E-state index contributed by atoms with van der Waals surface area (Å²) in [5.74, 6) is -1.48. The molecule has 4 fully saturated rings. The second kappa shape index (κ2) is 19.4. The predicted molar refractivity (Wildman–Crippen MR) is 292 cm³/mol. The first-order chi connectivity index (χ1) is 33.6. The van der Waals surface area contributed by atoms with Gasteiger partial charge < -0.3 is 28.5 Å². The molecule has 12 heteroatoms. The van der Waals surface area contributed by atoms with E-state index in [1.165, 1.54) is 0 Å². The lowest BCUT2D eigenvalue weighted by molar-refractivity contribution is -0.0683. The van der Waals surface area contributed by atoms with Gasteiger partial charge in [-0.2, -0.15) is 0 Å². The van der Waals surface area contributed by atoms with Crippen molar-refractivity contribution in [3.8, 4) is 0 Å². The van der Waals surface area contributed by atoms with Crippen LogP contribution in [0.1, 0.15) is 123 Å². The third-order valence-corrected chi connectivity index (χ3v) is 26.8. The van der Waals surface area contributed by atoms with Gasteiger partial charge in [-0.3, -0.25) is 9.80 Å². The molecule has 4 unspecified atom stereocenters. The highest BCUT2D eigenvalue weighted by atomic mass is 28.4. The molecule has 0 aromatic heterocycles. The molecule has 0 bridgehead atoms. The van der Waals surface area contributed by atoms with Crippen LogP contribution in [0.5, 0.6) is 0 Å². The van der Waals surface area contributed by atoms with Gasteiger partial charge in [0.25, 0.3) is 16.6 Å². The van der Waals surface area contributed by atoms with Crippen molar-refractivity contribution >= 4 is 49.6 Å². The van der Waals surface area contributed by atoms with E-state index in [-0.39, 0.29) is 35.1 Å². The summed E-state index contributed by atoms with van der Waals surface area (Å²) in [6, 6.07) is 39.4. The minimum atomic E-state index is -3.15. The molecule has 390 valence electrons. The van der Waals surface area contributed by atoms with Crippen LogP contribution < -0.4 is 20.7 Å². The molecule has 4 aromatic carbocycles. The fraction of sp³-hybridized carbons (Fsp3) is 0.567. The SMILES string of the molecule is CC(C)(C)OC(=O)N1C(C2[C@H]3[C@H](CCC3(C)O)[C@@H](CO[Si](c3ccccc3)(c3ccccc3)C(C)(C)C)N2C(=O)OC(C)(C)C)[C@H]2[C@H](CCC2(C)O)[C@H]1CO[Si](c1ccccc1)(c1ccccc1)C(C)(C)C. The summed E-state index contributed by atoms with van der Waals surface area (Å²) in [7, 11) is -6.31. The molecule has 10 atom stereocenters. The molecule has 0 radical (unpaired) electrons. The molecule has 10 nitrogen and oxygen atoms in total. The standard InChI is InChI=1S/C60H84N2O8Si2/c1-55(2,3)69-53(63)61-47(39-67-71(57(7,8)9,41-27-19-15-20-28-41)42-29-21-16-22-30-42)45-35-37-59(13,65)49(45)51(61)52-50-46(36-38-60(50,14)66)48(62(52)54(64)70-56(4,5)6)40-68-72(58(10,11)12,43-31-23-17-24-32-43)44-33-25-18-26-34-44/h15-34,45-52,65-66H,35-40H2,1-14H3/t45-,46-,47-,48-,49-,50-,51?,52?,59?,60?/m1/s1. The van der Waals surface area contributed by atoms with E-state index in [2.05, 4.69) is 139 Å². The first kappa shape index (κ1) is 54.0. The van der Waals surface area contributed by atoms with Crippen molar-refractivity contribution in [3.63, 3.8) is 0 Å². The zero-order valence-corrected chi connectivity index (χ0v) is 47.6. The first-order valence-electron chi connectivity index (χ1n) is 26.5. The van der Waals surface area contributed by atoms with Gasteiger partial charge in [-0.25, -0.2) is 9.59 Å². The largest absolute Gasteiger partial charge is 0.444 e.